The summed E-state index contributed by atoms with van der Waals surface area (Å²) in [5.41, 5.74) is 1.23. The van der Waals surface area contributed by atoms with Crippen LogP contribution in [0.15, 0.2) is 23.1 Å². The summed E-state index contributed by atoms with van der Waals surface area (Å²) in [4.78, 5) is 1.17. The van der Waals surface area contributed by atoms with Gasteiger partial charge in [0.1, 0.15) is 5.75 Å². The van der Waals surface area contributed by atoms with Crippen molar-refractivity contribution in [3.05, 3.63) is 23.8 Å². The molecule has 0 bridgehead atoms. The van der Waals surface area contributed by atoms with Crippen molar-refractivity contribution in [1.29, 1.82) is 0 Å². The summed E-state index contributed by atoms with van der Waals surface area (Å²) in [7, 11) is 3.41. The van der Waals surface area contributed by atoms with Gasteiger partial charge in [0, 0.05) is 25.1 Å². The Morgan fingerprint density at radius 2 is 2.06 bits per heavy atom. The lowest BCUT2D eigenvalue weighted by Crippen LogP contribution is -2.18. The van der Waals surface area contributed by atoms with Crippen LogP contribution < -0.4 is 10.1 Å². The van der Waals surface area contributed by atoms with Crippen LogP contribution in [0.1, 0.15) is 5.56 Å². The number of methoxy groups -OCH3 is 2. The third-order valence-corrected chi connectivity index (χ3v) is 3.04. The lowest BCUT2D eigenvalue weighted by Gasteiger charge is -2.09. The van der Waals surface area contributed by atoms with Crippen LogP contribution in [0, 0.1) is 0 Å². The van der Waals surface area contributed by atoms with E-state index in [0.29, 0.717) is 0 Å². The molecule has 1 aromatic carbocycles. The average Bonchev–Trinajstić information content (AvgIpc) is 2.34. The van der Waals surface area contributed by atoms with Gasteiger partial charge in [0.15, 0.2) is 0 Å². The van der Waals surface area contributed by atoms with Gasteiger partial charge in [-0.2, -0.15) is 0 Å². The Kier molecular flexibility index (Phi) is 9.36. The predicted octanol–water partition coefficient (Wildman–Crippen LogP) is 2.57. The largest absolute Gasteiger partial charge is 0.496 e. The van der Waals surface area contributed by atoms with Crippen molar-refractivity contribution in [1.82, 2.24) is 5.32 Å². The first-order valence-electron chi connectivity index (χ1n) is 5.22. The number of benzene rings is 1. The second-order valence-electron chi connectivity index (χ2n) is 3.36. The van der Waals surface area contributed by atoms with Crippen molar-refractivity contribution in [2.24, 2.45) is 0 Å². The number of nitrogens with one attached hydrogen (secondary N) is 1. The Hall–Kier alpha value is -0.420. The van der Waals surface area contributed by atoms with Gasteiger partial charge < -0.3 is 14.8 Å². The summed E-state index contributed by atoms with van der Waals surface area (Å²) in [5, 5.41) is 3.30. The van der Waals surface area contributed by atoms with E-state index in [0.717, 1.165) is 25.4 Å². The maximum absolute atomic E-state index is 5.33. The van der Waals surface area contributed by atoms with Crippen LogP contribution in [0.2, 0.25) is 0 Å². The minimum absolute atomic E-state index is 0. The Bertz CT molecular complexity index is 323. The second-order valence-corrected chi connectivity index (χ2v) is 4.21. The summed E-state index contributed by atoms with van der Waals surface area (Å²) in [6.45, 7) is 2.44. The van der Waals surface area contributed by atoms with Crippen LogP contribution in [-0.4, -0.2) is 33.6 Å². The van der Waals surface area contributed by atoms with Crippen molar-refractivity contribution in [2.45, 2.75) is 11.4 Å². The lowest BCUT2D eigenvalue weighted by atomic mass is 10.2. The van der Waals surface area contributed by atoms with Crippen LogP contribution in [0.25, 0.3) is 0 Å². The molecule has 0 saturated carbocycles. The molecule has 0 radical (unpaired) electrons. The summed E-state index contributed by atoms with van der Waals surface area (Å²) >= 11 is 1.70. The monoisotopic (exact) mass is 277 g/mol. The first-order valence-corrected chi connectivity index (χ1v) is 6.45. The van der Waals surface area contributed by atoms with E-state index < -0.39 is 0 Å². The zero-order valence-corrected chi connectivity index (χ0v) is 12.1. The smallest absolute Gasteiger partial charge is 0.132 e. The molecule has 1 N–H and O–H groups in total. The summed E-state index contributed by atoms with van der Waals surface area (Å²) in [6.07, 6.45) is 2.05. The summed E-state index contributed by atoms with van der Waals surface area (Å²) in [6, 6.07) is 6.29. The van der Waals surface area contributed by atoms with Crippen molar-refractivity contribution in [2.75, 3.05) is 33.6 Å². The van der Waals surface area contributed by atoms with Gasteiger partial charge in [-0.3, -0.25) is 0 Å². The van der Waals surface area contributed by atoms with Crippen molar-refractivity contribution >= 4 is 24.2 Å². The van der Waals surface area contributed by atoms with E-state index in [9.17, 15) is 0 Å². The molecule has 0 heterocycles. The quantitative estimate of drug-likeness (QED) is 0.613. The maximum atomic E-state index is 5.33. The zero-order chi connectivity index (χ0) is 11.8. The average molecular weight is 278 g/mol. The number of rotatable bonds is 7. The van der Waals surface area contributed by atoms with E-state index in [1.807, 2.05) is 6.26 Å². The standard InChI is InChI=1S/C12H19NO2S.ClH/c1-14-7-6-13-9-10-4-5-12(16-3)11(8-10)15-2;/h4-5,8,13H,6-7,9H2,1-3H3;1H. The Labute approximate surface area is 114 Å². The Morgan fingerprint density at radius 3 is 2.65 bits per heavy atom. The molecule has 0 aromatic heterocycles. The van der Waals surface area contributed by atoms with E-state index >= 15 is 0 Å². The third-order valence-electron chi connectivity index (χ3n) is 2.26. The molecular formula is C12H20ClNO2S. The van der Waals surface area contributed by atoms with Crippen molar-refractivity contribution < 1.29 is 9.47 Å². The first-order chi connectivity index (χ1) is 7.81. The minimum atomic E-state index is 0. The minimum Gasteiger partial charge on any atom is -0.496 e. The highest BCUT2D eigenvalue weighted by Crippen LogP contribution is 2.28. The second kappa shape index (κ2) is 9.59. The van der Waals surface area contributed by atoms with Crippen LogP contribution in [0.5, 0.6) is 5.75 Å². The van der Waals surface area contributed by atoms with Gasteiger partial charge in [-0.15, -0.1) is 24.2 Å². The Morgan fingerprint density at radius 1 is 1.29 bits per heavy atom. The molecule has 0 aliphatic carbocycles. The molecule has 17 heavy (non-hydrogen) atoms. The van der Waals surface area contributed by atoms with E-state index in [1.165, 1.54) is 10.5 Å². The van der Waals surface area contributed by atoms with E-state index in [-0.39, 0.29) is 12.4 Å². The van der Waals surface area contributed by atoms with E-state index in [4.69, 9.17) is 9.47 Å². The van der Waals surface area contributed by atoms with Crippen LogP contribution in [-0.2, 0) is 11.3 Å². The van der Waals surface area contributed by atoms with Gasteiger partial charge in [0.05, 0.1) is 13.7 Å². The highest BCUT2D eigenvalue weighted by molar-refractivity contribution is 7.98. The van der Waals surface area contributed by atoms with Crippen molar-refractivity contribution in [3.63, 3.8) is 0 Å². The third kappa shape index (κ3) is 5.64. The van der Waals surface area contributed by atoms with E-state index in [2.05, 4.69) is 23.5 Å². The molecule has 0 aliphatic heterocycles. The van der Waals surface area contributed by atoms with Gasteiger partial charge in [-0.05, 0) is 24.0 Å². The lowest BCUT2D eigenvalue weighted by molar-refractivity contribution is 0.199. The number of hydrogen-bond acceptors (Lipinski definition) is 4. The molecule has 0 aliphatic rings. The molecule has 3 nitrogen and oxygen atoms in total. The van der Waals surface area contributed by atoms with Gasteiger partial charge in [0.25, 0.3) is 0 Å². The number of thioether (sulfide) groups is 1. The fourth-order valence-electron chi connectivity index (χ4n) is 1.40. The molecule has 0 fully saturated rings. The molecule has 1 rings (SSSR count). The fraction of sp³-hybridized carbons (Fsp3) is 0.500. The molecule has 5 heteroatoms. The number of halogens is 1. The molecule has 1 aromatic rings. The van der Waals surface area contributed by atoms with E-state index in [1.54, 1.807) is 26.0 Å². The maximum Gasteiger partial charge on any atom is 0.132 e. The fourth-order valence-corrected chi connectivity index (χ4v) is 1.95. The van der Waals surface area contributed by atoms with Crippen molar-refractivity contribution in [3.8, 4) is 5.75 Å². The first kappa shape index (κ1) is 16.6. The summed E-state index contributed by atoms with van der Waals surface area (Å²) < 4.78 is 10.3. The highest BCUT2D eigenvalue weighted by atomic mass is 35.5. The Balaban J connectivity index is 0.00000256. The zero-order valence-electron chi connectivity index (χ0n) is 10.5. The normalized spacial score (nSPS) is 9.82. The SMILES string of the molecule is COCCNCc1ccc(SC)c(OC)c1.Cl. The number of hydrogen-bond donors (Lipinski definition) is 1. The van der Waals surface area contributed by atoms with Gasteiger partial charge in [-0.1, -0.05) is 6.07 Å². The molecule has 98 valence electrons. The molecule has 0 unspecified atom stereocenters. The molecule has 0 saturated heterocycles. The van der Waals surface area contributed by atoms with Crippen LogP contribution >= 0.6 is 24.2 Å². The molecule has 0 amide bonds. The van der Waals surface area contributed by atoms with Gasteiger partial charge in [-0.25, -0.2) is 0 Å². The van der Waals surface area contributed by atoms with Gasteiger partial charge in [0.2, 0.25) is 0 Å². The number of ether oxygens (including phenoxy) is 2. The van der Waals surface area contributed by atoms with Gasteiger partial charge >= 0.3 is 0 Å². The summed E-state index contributed by atoms with van der Waals surface area (Å²) in [5.74, 6) is 0.943. The predicted molar refractivity (Wildman–Crippen MR) is 75.6 cm³/mol. The van der Waals surface area contributed by atoms with Crippen LogP contribution in [0.4, 0.5) is 0 Å². The highest BCUT2D eigenvalue weighted by Gasteiger charge is 2.02. The molecular weight excluding hydrogens is 258 g/mol. The molecule has 0 atom stereocenters. The molecule has 0 spiro atoms. The topological polar surface area (TPSA) is 30.5 Å². The van der Waals surface area contributed by atoms with Crippen LogP contribution in [0.3, 0.4) is 0 Å².